The van der Waals surface area contributed by atoms with Crippen molar-refractivity contribution in [1.29, 1.82) is 0 Å². The minimum absolute atomic E-state index is 0.0816. The highest BCUT2D eigenvalue weighted by molar-refractivity contribution is 6.30. The summed E-state index contributed by atoms with van der Waals surface area (Å²) in [5.41, 5.74) is 7.66. The van der Waals surface area contributed by atoms with Crippen molar-refractivity contribution in [3.8, 4) is 5.75 Å². The number of anilines is 1. The van der Waals surface area contributed by atoms with Gasteiger partial charge in [0, 0.05) is 30.9 Å². The summed E-state index contributed by atoms with van der Waals surface area (Å²) < 4.78 is 7.13. The molecule has 0 atom stereocenters. The Morgan fingerprint density at radius 1 is 1.19 bits per heavy atom. The molecule has 9 heteroatoms. The van der Waals surface area contributed by atoms with Crippen LogP contribution in [0.25, 0.3) is 0 Å². The number of amides is 2. The Hall–Kier alpha value is -3.52. The van der Waals surface area contributed by atoms with E-state index in [-0.39, 0.29) is 29.8 Å². The zero-order chi connectivity index (χ0) is 22.4. The first-order chi connectivity index (χ1) is 14.8. The van der Waals surface area contributed by atoms with Gasteiger partial charge in [0.05, 0.1) is 13.1 Å². The molecule has 0 saturated carbocycles. The Balaban J connectivity index is 1.57. The molecule has 0 aliphatic rings. The number of rotatable bonds is 8. The Bertz CT molecular complexity index is 1080. The zero-order valence-corrected chi connectivity index (χ0v) is 18.1. The topological polar surface area (TPSA) is 102 Å². The molecule has 2 aromatic carbocycles. The molecule has 31 heavy (non-hydrogen) atoms. The van der Waals surface area contributed by atoms with Gasteiger partial charge in [-0.2, -0.15) is 5.10 Å². The summed E-state index contributed by atoms with van der Waals surface area (Å²) in [5.74, 6) is 0.342. The average Bonchev–Trinajstić information content (AvgIpc) is 3.10. The number of hydrogen-bond acceptors (Lipinski definition) is 5. The SMILES string of the molecule is CN(C)C(=O)c1cccc(Cn2cc(C(=O)NCCOc3cccc(Cl)c3)c(N)n2)c1. The molecule has 8 nitrogen and oxygen atoms in total. The van der Waals surface area contributed by atoms with Gasteiger partial charge in [-0.3, -0.25) is 14.3 Å². The van der Waals surface area contributed by atoms with E-state index in [0.717, 1.165) is 5.56 Å². The summed E-state index contributed by atoms with van der Waals surface area (Å²) >= 11 is 5.91. The molecule has 0 unspecified atom stereocenters. The highest BCUT2D eigenvalue weighted by atomic mass is 35.5. The third-order valence-corrected chi connectivity index (χ3v) is 4.65. The van der Waals surface area contributed by atoms with Gasteiger partial charge in [-0.15, -0.1) is 0 Å². The number of nitrogen functional groups attached to an aromatic ring is 1. The molecular weight excluding hydrogens is 418 g/mol. The molecule has 1 heterocycles. The van der Waals surface area contributed by atoms with Crippen LogP contribution in [-0.2, 0) is 6.54 Å². The van der Waals surface area contributed by atoms with Crippen molar-refractivity contribution in [3.05, 3.63) is 76.4 Å². The molecule has 0 saturated heterocycles. The summed E-state index contributed by atoms with van der Waals surface area (Å²) in [6.07, 6.45) is 1.59. The van der Waals surface area contributed by atoms with Crippen LogP contribution in [0.3, 0.4) is 0 Å². The first-order valence-electron chi connectivity index (χ1n) is 9.63. The van der Waals surface area contributed by atoms with Crippen molar-refractivity contribution in [3.63, 3.8) is 0 Å². The molecular formula is C22H24ClN5O3. The third kappa shape index (κ3) is 5.99. The normalized spacial score (nSPS) is 10.5. The van der Waals surface area contributed by atoms with Gasteiger partial charge in [-0.1, -0.05) is 29.8 Å². The van der Waals surface area contributed by atoms with Crippen LogP contribution in [0.2, 0.25) is 5.02 Å². The maximum Gasteiger partial charge on any atom is 0.256 e. The number of aromatic nitrogens is 2. The van der Waals surface area contributed by atoms with Gasteiger partial charge in [0.25, 0.3) is 11.8 Å². The van der Waals surface area contributed by atoms with Crippen molar-refractivity contribution in [2.45, 2.75) is 6.54 Å². The summed E-state index contributed by atoms with van der Waals surface area (Å²) in [5, 5.41) is 7.55. The van der Waals surface area contributed by atoms with Crippen molar-refractivity contribution < 1.29 is 14.3 Å². The highest BCUT2D eigenvalue weighted by Crippen LogP contribution is 2.17. The quantitative estimate of drug-likeness (QED) is 0.523. The van der Waals surface area contributed by atoms with Gasteiger partial charge in [0.2, 0.25) is 0 Å². The second-order valence-electron chi connectivity index (χ2n) is 7.09. The van der Waals surface area contributed by atoms with Crippen molar-refractivity contribution >= 4 is 29.2 Å². The predicted molar refractivity (Wildman–Crippen MR) is 119 cm³/mol. The van der Waals surface area contributed by atoms with Gasteiger partial charge in [-0.25, -0.2) is 0 Å². The monoisotopic (exact) mass is 441 g/mol. The van der Waals surface area contributed by atoms with Crippen LogP contribution in [0, 0.1) is 0 Å². The van der Waals surface area contributed by atoms with Crippen LogP contribution in [0.15, 0.2) is 54.7 Å². The number of halogens is 1. The Morgan fingerprint density at radius 2 is 1.97 bits per heavy atom. The lowest BCUT2D eigenvalue weighted by molar-refractivity contribution is 0.0827. The second-order valence-corrected chi connectivity index (χ2v) is 7.52. The maximum atomic E-state index is 12.4. The number of ether oxygens (including phenoxy) is 1. The van der Waals surface area contributed by atoms with E-state index in [9.17, 15) is 9.59 Å². The maximum absolute atomic E-state index is 12.4. The van der Waals surface area contributed by atoms with Crippen molar-refractivity contribution in [1.82, 2.24) is 20.0 Å². The first-order valence-corrected chi connectivity index (χ1v) is 10.0. The summed E-state index contributed by atoms with van der Waals surface area (Å²) in [6, 6.07) is 14.3. The van der Waals surface area contributed by atoms with Gasteiger partial charge in [0.15, 0.2) is 5.82 Å². The van der Waals surface area contributed by atoms with E-state index < -0.39 is 0 Å². The average molecular weight is 442 g/mol. The van der Waals surface area contributed by atoms with Crippen LogP contribution in [-0.4, -0.2) is 53.7 Å². The molecule has 0 fully saturated rings. The fourth-order valence-electron chi connectivity index (χ4n) is 2.93. The number of benzene rings is 2. The van der Waals surface area contributed by atoms with Gasteiger partial charge < -0.3 is 20.7 Å². The molecule has 1 aromatic heterocycles. The zero-order valence-electron chi connectivity index (χ0n) is 17.3. The van der Waals surface area contributed by atoms with E-state index in [1.807, 2.05) is 12.1 Å². The standard InChI is InChI=1S/C22H24ClN5O3/c1-27(2)22(30)16-6-3-5-15(11-16)13-28-14-19(20(24)26-28)21(29)25-9-10-31-18-8-4-7-17(23)12-18/h3-8,11-12,14H,9-10,13H2,1-2H3,(H2,24,26)(H,25,29). The molecule has 2 amide bonds. The van der Waals surface area contributed by atoms with Gasteiger partial charge in [-0.05, 0) is 35.9 Å². The Labute approximate surface area is 185 Å². The number of nitrogens with zero attached hydrogens (tertiary/aromatic N) is 3. The van der Waals surface area contributed by atoms with Gasteiger partial charge >= 0.3 is 0 Å². The van der Waals surface area contributed by atoms with Crippen LogP contribution >= 0.6 is 11.6 Å². The lowest BCUT2D eigenvalue weighted by Crippen LogP contribution is -2.28. The fraction of sp³-hybridized carbons (Fsp3) is 0.227. The minimum Gasteiger partial charge on any atom is -0.492 e. The lowest BCUT2D eigenvalue weighted by Gasteiger charge is -2.11. The van der Waals surface area contributed by atoms with Crippen LogP contribution in [0.5, 0.6) is 5.75 Å². The fourth-order valence-corrected chi connectivity index (χ4v) is 3.11. The van der Waals surface area contributed by atoms with Crippen molar-refractivity contribution in [2.24, 2.45) is 0 Å². The minimum atomic E-state index is -0.338. The lowest BCUT2D eigenvalue weighted by atomic mass is 10.1. The second kappa shape index (κ2) is 9.99. The molecule has 0 spiro atoms. The third-order valence-electron chi connectivity index (χ3n) is 4.41. The predicted octanol–water partition coefficient (Wildman–Crippen LogP) is 2.68. The smallest absolute Gasteiger partial charge is 0.256 e. The highest BCUT2D eigenvalue weighted by Gasteiger charge is 2.15. The molecule has 3 N–H and O–H groups in total. The van der Waals surface area contributed by atoms with Crippen molar-refractivity contribution in [2.75, 3.05) is 33.0 Å². The number of nitrogens with two attached hydrogens (primary N) is 1. The Kier molecular flexibility index (Phi) is 7.15. The van der Waals surface area contributed by atoms with E-state index in [0.29, 0.717) is 29.4 Å². The van der Waals surface area contributed by atoms with Crippen LogP contribution in [0.1, 0.15) is 26.3 Å². The van der Waals surface area contributed by atoms with E-state index in [4.69, 9.17) is 22.1 Å². The molecule has 0 bridgehead atoms. The van der Waals surface area contributed by atoms with E-state index in [1.54, 1.807) is 61.4 Å². The Morgan fingerprint density at radius 3 is 2.71 bits per heavy atom. The van der Waals surface area contributed by atoms with Crippen LogP contribution < -0.4 is 15.8 Å². The molecule has 0 aliphatic heterocycles. The molecule has 0 radical (unpaired) electrons. The first kappa shape index (κ1) is 22.2. The summed E-state index contributed by atoms with van der Waals surface area (Å²) in [6.45, 7) is 0.960. The van der Waals surface area contributed by atoms with Crippen LogP contribution in [0.4, 0.5) is 5.82 Å². The summed E-state index contributed by atoms with van der Waals surface area (Å²) in [7, 11) is 3.41. The van der Waals surface area contributed by atoms with E-state index >= 15 is 0 Å². The number of carbonyl (C=O) groups excluding carboxylic acids is 2. The molecule has 162 valence electrons. The van der Waals surface area contributed by atoms with Gasteiger partial charge in [0.1, 0.15) is 17.9 Å². The number of hydrogen-bond donors (Lipinski definition) is 2. The molecule has 3 aromatic rings. The molecule has 3 rings (SSSR count). The number of carbonyl (C=O) groups is 2. The van der Waals surface area contributed by atoms with E-state index in [2.05, 4.69) is 10.4 Å². The summed E-state index contributed by atoms with van der Waals surface area (Å²) in [4.78, 5) is 26.1. The van der Waals surface area contributed by atoms with E-state index in [1.165, 1.54) is 4.90 Å². The number of nitrogens with one attached hydrogen (secondary N) is 1. The largest absolute Gasteiger partial charge is 0.492 e. The molecule has 0 aliphatic carbocycles.